The Balaban J connectivity index is 2.33. The van der Waals surface area contributed by atoms with Crippen LogP contribution in [-0.4, -0.2) is 12.2 Å². The highest BCUT2D eigenvalue weighted by atomic mass is 19.1. The van der Waals surface area contributed by atoms with E-state index in [1.54, 1.807) is 18.2 Å². The third kappa shape index (κ3) is 3.24. The summed E-state index contributed by atoms with van der Waals surface area (Å²) in [4.78, 5) is 0. The van der Waals surface area contributed by atoms with E-state index in [9.17, 15) is 9.50 Å². The van der Waals surface area contributed by atoms with Crippen LogP contribution in [0.3, 0.4) is 0 Å². The number of benzene rings is 2. The van der Waals surface area contributed by atoms with Crippen molar-refractivity contribution in [2.45, 2.75) is 33.3 Å². The Hall–Kier alpha value is -1.87. The maximum Gasteiger partial charge on any atom is 0.168 e. The minimum atomic E-state index is -0.729. The van der Waals surface area contributed by atoms with E-state index in [1.807, 2.05) is 32.9 Å². The van der Waals surface area contributed by atoms with Crippen molar-refractivity contribution in [3.8, 4) is 5.75 Å². The third-order valence-electron chi connectivity index (χ3n) is 3.75. The van der Waals surface area contributed by atoms with Gasteiger partial charge in [0, 0.05) is 6.42 Å². The summed E-state index contributed by atoms with van der Waals surface area (Å²) in [6.45, 7) is 5.97. The molecule has 1 atom stereocenters. The van der Waals surface area contributed by atoms with E-state index in [0.717, 1.165) is 22.3 Å². The van der Waals surface area contributed by atoms with Crippen molar-refractivity contribution < 1.29 is 14.2 Å². The molecule has 2 nitrogen and oxygen atoms in total. The van der Waals surface area contributed by atoms with Gasteiger partial charge >= 0.3 is 0 Å². The number of aliphatic hydroxyl groups excluding tert-OH is 1. The van der Waals surface area contributed by atoms with Gasteiger partial charge in [0.15, 0.2) is 11.6 Å². The predicted octanol–water partition coefficient (Wildman–Crippen LogP) is 4.04. The van der Waals surface area contributed by atoms with Crippen LogP contribution in [0.1, 0.15) is 33.9 Å². The first-order chi connectivity index (χ1) is 9.93. The zero-order valence-corrected chi connectivity index (χ0v) is 12.9. The fraction of sp³-hybridized carbons (Fsp3) is 0.333. The molecule has 2 aromatic rings. The molecule has 0 aliphatic rings. The highest BCUT2D eigenvalue weighted by Gasteiger charge is 2.17. The second-order valence-electron chi connectivity index (χ2n) is 5.47. The lowest BCUT2D eigenvalue weighted by Crippen LogP contribution is -2.08. The van der Waals surface area contributed by atoms with Crippen molar-refractivity contribution in [1.82, 2.24) is 0 Å². The summed E-state index contributed by atoms with van der Waals surface area (Å²) in [6, 6.07) is 9.06. The second-order valence-corrected chi connectivity index (χ2v) is 5.47. The lowest BCUT2D eigenvalue weighted by molar-refractivity contribution is 0.175. The average Bonchev–Trinajstić information content (AvgIpc) is 2.40. The van der Waals surface area contributed by atoms with Crippen LogP contribution in [0.25, 0.3) is 0 Å². The first-order valence-electron chi connectivity index (χ1n) is 7.01. The molecular weight excluding hydrogens is 267 g/mol. The van der Waals surface area contributed by atoms with Crippen LogP contribution >= 0.6 is 0 Å². The van der Waals surface area contributed by atoms with Crippen LogP contribution in [0.5, 0.6) is 5.75 Å². The highest BCUT2D eigenvalue weighted by Crippen LogP contribution is 2.29. The quantitative estimate of drug-likeness (QED) is 0.920. The van der Waals surface area contributed by atoms with E-state index in [1.165, 1.54) is 7.11 Å². The monoisotopic (exact) mass is 288 g/mol. The molecule has 0 heterocycles. The summed E-state index contributed by atoms with van der Waals surface area (Å²) < 4.78 is 19.2. The number of ether oxygens (including phenoxy) is 1. The number of rotatable bonds is 4. The van der Waals surface area contributed by atoms with Crippen molar-refractivity contribution in [3.63, 3.8) is 0 Å². The van der Waals surface area contributed by atoms with Gasteiger partial charge in [-0.1, -0.05) is 29.8 Å². The molecule has 0 saturated heterocycles. The molecule has 0 aromatic heterocycles. The molecule has 1 unspecified atom stereocenters. The maximum atomic E-state index is 14.2. The lowest BCUT2D eigenvalue weighted by atomic mass is 9.92. The normalized spacial score (nSPS) is 12.3. The smallest absolute Gasteiger partial charge is 0.168 e. The average molecular weight is 288 g/mol. The van der Waals surface area contributed by atoms with Crippen molar-refractivity contribution >= 4 is 0 Å². The number of methoxy groups -OCH3 is 1. The summed E-state index contributed by atoms with van der Waals surface area (Å²) in [6.07, 6.45) is -0.500. The van der Waals surface area contributed by atoms with Crippen LogP contribution in [0.15, 0.2) is 30.3 Å². The van der Waals surface area contributed by atoms with Crippen LogP contribution < -0.4 is 4.74 Å². The van der Waals surface area contributed by atoms with E-state index >= 15 is 0 Å². The summed E-state index contributed by atoms with van der Waals surface area (Å²) >= 11 is 0. The van der Waals surface area contributed by atoms with Gasteiger partial charge in [0.25, 0.3) is 0 Å². The first kappa shape index (κ1) is 15.5. The Labute approximate surface area is 125 Å². The molecule has 112 valence electrons. The van der Waals surface area contributed by atoms with E-state index in [0.29, 0.717) is 5.56 Å². The molecule has 0 bridgehead atoms. The Morgan fingerprint density at radius 2 is 1.76 bits per heavy atom. The predicted molar refractivity (Wildman–Crippen MR) is 82.3 cm³/mol. The summed E-state index contributed by atoms with van der Waals surface area (Å²) in [5, 5.41) is 10.5. The summed E-state index contributed by atoms with van der Waals surface area (Å²) in [5.41, 5.74) is 4.56. The van der Waals surface area contributed by atoms with Crippen LogP contribution in [0.2, 0.25) is 0 Å². The molecule has 2 aromatic carbocycles. The van der Waals surface area contributed by atoms with Crippen LogP contribution in [0, 0.1) is 26.6 Å². The number of aryl methyl sites for hydroxylation is 3. The number of hydrogen-bond donors (Lipinski definition) is 1. The fourth-order valence-electron chi connectivity index (χ4n) is 2.90. The maximum absolute atomic E-state index is 14.2. The van der Waals surface area contributed by atoms with Gasteiger partial charge in [-0.2, -0.15) is 0 Å². The summed E-state index contributed by atoms with van der Waals surface area (Å²) in [5.74, 6) is -0.196. The molecular formula is C18H21FO2. The number of hydrogen-bond acceptors (Lipinski definition) is 2. The van der Waals surface area contributed by atoms with E-state index < -0.39 is 11.9 Å². The zero-order valence-electron chi connectivity index (χ0n) is 12.9. The van der Waals surface area contributed by atoms with Crippen molar-refractivity contribution in [2.24, 2.45) is 0 Å². The Bertz CT molecular complexity index is 627. The molecule has 2 rings (SSSR count). The topological polar surface area (TPSA) is 29.5 Å². The van der Waals surface area contributed by atoms with Gasteiger partial charge in [0.05, 0.1) is 13.2 Å². The van der Waals surface area contributed by atoms with Gasteiger partial charge in [-0.05, 0) is 49.1 Å². The number of halogens is 1. The minimum absolute atomic E-state index is 0.206. The van der Waals surface area contributed by atoms with Crippen LogP contribution in [-0.2, 0) is 6.42 Å². The summed E-state index contributed by atoms with van der Waals surface area (Å²) in [7, 11) is 1.44. The standard InChI is InChI=1S/C18H21FO2/c1-11-8-12(2)17(13(3)9-11)15(20)10-14-6-5-7-16(21-4)18(14)19/h5-9,15,20H,10H2,1-4H3. The third-order valence-corrected chi connectivity index (χ3v) is 3.75. The highest BCUT2D eigenvalue weighted by molar-refractivity contribution is 5.40. The minimum Gasteiger partial charge on any atom is -0.494 e. The molecule has 0 fully saturated rings. The van der Waals surface area contributed by atoms with Crippen molar-refractivity contribution in [3.05, 3.63) is 64.0 Å². The Kier molecular flexibility index (Phi) is 4.63. The molecule has 0 aliphatic carbocycles. The Morgan fingerprint density at radius 1 is 1.14 bits per heavy atom. The van der Waals surface area contributed by atoms with Gasteiger partial charge in [-0.25, -0.2) is 4.39 Å². The lowest BCUT2D eigenvalue weighted by Gasteiger charge is -2.18. The Morgan fingerprint density at radius 3 is 2.33 bits per heavy atom. The second kappa shape index (κ2) is 6.27. The van der Waals surface area contributed by atoms with E-state index in [-0.39, 0.29) is 12.2 Å². The molecule has 0 radical (unpaired) electrons. The van der Waals surface area contributed by atoms with Gasteiger partial charge in [-0.3, -0.25) is 0 Å². The van der Waals surface area contributed by atoms with Crippen LogP contribution in [0.4, 0.5) is 4.39 Å². The molecule has 0 spiro atoms. The van der Waals surface area contributed by atoms with E-state index in [2.05, 4.69) is 0 Å². The molecule has 1 N–H and O–H groups in total. The largest absolute Gasteiger partial charge is 0.494 e. The molecule has 3 heteroatoms. The molecule has 0 aliphatic heterocycles. The first-order valence-corrected chi connectivity index (χ1v) is 7.01. The molecule has 21 heavy (non-hydrogen) atoms. The molecule has 0 amide bonds. The van der Waals surface area contributed by atoms with Crippen molar-refractivity contribution in [2.75, 3.05) is 7.11 Å². The SMILES string of the molecule is COc1cccc(CC(O)c2c(C)cc(C)cc2C)c1F. The number of aliphatic hydroxyl groups is 1. The van der Waals surface area contributed by atoms with Gasteiger partial charge < -0.3 is 9.84 Å². The fourth-order valence-corrected chi connectivity index (χ4v) is 2.90. The molecule has 0 saturated carbocycles. The zero-order chi connectivity index (χ0) is 15.6. The van der Waals surface area contributed by atoms with Gasteiger partial charge in [0.2, 0.25) is 0 Å². The van der Waals surface area contributed by atoms with E-state index in [4.69, 9.17) is 4.74 Å². The van der Waals surface area contributed by atoms with Crippen molar-refractivity contribution in [1.29, 1.82) is 0 Å². The van der Waals surface area contributed by atoms with Gasteiger partial charge in [-0.15, -0.1) is 0 Å². The van der Waals surface area contributed by atoms with Gasteiger partial charge in [0.1, 0.15) is 0 Å².